The Hall–Kier alpha value is -1.07. The largest absolute Gasteiger partial charge is 0.389 e. The molecule has 0 aliphatic carbocycles. The van der Waals surface area contributed by atoms with Crippen LogP contribution in [0.1, 0.15) is 0 Å². The van der Waals surface area contributed by atoms with Gasteiger partial charge in [-0.25, -0.2) is 4.98 Å². The zero-order valence-corrected chi connectivity index (χ0v) is 8.31. The van der Waals surface area contributed by atoms with Gasteiger partial charge in [-0.15, -0.1) is 0 Å². The fraction of sp³-hybridized carbons (Fsp3) is 0. The Bertz CT molecular complexity index is 385. The fourth-order valence-electron chi connectivity index (χ4n) is 0.824. The highest BCUT2D eigenvalue weighted by Crippen LogP contribution is 2.31. The molecule has 0 aliphatic heterocycles. The van der Waals surface area contributed by atoms with Gasteiger partial charge in [0.2, 0.25) is 0 Å². The van der Waals surface area contributed by atoms with Crippen LogP contribution in [-0.2, 0) is 0 Å². The Kier molecular flexibility index (Phi) is 2.47. The van der Waals surface area contributed by atoms with Gasteiger partial charge in [-0.2, -0.15) is 0 Å². The molecule has 2 heterocycles. The van der Waals surface area contributed by atoms with Crippen LogP contribution in [0.3, 0.4) is 0 Å². The van der Waals surface area contributed by atoms with Crippen molar-refractivity contribution in [1.29, 1.82) is 0 Å². The lowest BCUT2D eigenvalue weighted by Crippen LogP contribution is -1.73. The first-order chi connectivity index (χ1) is 6.34. The number of anilines is 1. The van der Waals surface area contributed by atoms with Gasteiger partial charge in [-0.05, 0) is 12.1 Å². The molecule has 2 N–H and O–H groups in total. The van der Waals surface area contributed by atoms with E-state index in [0.717, 1.165) is 14.2 Å². The van der Waals surface area contributed by atoms with E-state index in [4.69, 9.17) is 5.73 Å². The third kappa shape index (κ3) is 2.19. The van der Waals surface area contributed by atoms with Crippen molar-refractivity contribution in [2.24, 2.45) is 0 Å². The average Bonchev–Trinajstić information content (AvgIpc) is 2.53. The van der Waals surface area contributed by atoms with Crippen LogP contribution in [0.4, 0.5) is 5.00 Å². The minimum absolute atomic E-state index is 0.747. The molecule has 13 heavy (non-hydrogen) atoms. The van der Waals surface area contributed by atoms with Gasteiger partial charge in [-0.1, -0.05) is 23.1 Å². The molecule has 0 amide bonds. The van der Waals surface area contributed by atoms with Crippen molar-refractivity contribution in [3.63, 3.8) is 0 Å². The van der Waals surface area contributed by atoms with Crippen LogP contribution in [0.5, 0.6) is 0 Å². The molecule has 3 nitrogen and oxygen atoms in total. The van der Waals surface area contributed by atoms with Crippen LogP contribution in [0.25, 0.3) is 0 Å². The maximum atomic E-state index is 5.56. The molecule has 0 saturated heterocycles. The Balaban J connectivity index is 2.15. The van der Waals surface area contributed by atoms with Crippen molar-refractivity contribution in [1.82, 2.24) is 9.97 Å². The van der Waals surface area contributed by atoms with Crippen molar-refractivity contribution < 1.29 is 0 Å². The van der Waals surface area contributed by atoms with Crippen LogP contribution in [0.2, 0.25) is 0 Å². The molecule has 2 rings (SSSR count). The summed E-state index contributed by atoms with van der Waals surface area (Å²) in [4.78, 5) is 9.21. The fourth-order valence-corrected chi connectivity index (χ4v) is 2.55. The third-order valence-corrected chi connectivity index (χ3v) is 3.27. The Morgan fingerprint density at radius 1 is 1.31 bits per heavy atom. The van der Waals surface area contributed by atoms with Gasteiger partial charge >= 0.3 is 0 Å². The summed E-state index contributed by atoms with van der Waals surface area (Å²) in [5, 5.41) is 0.747. The van der Waals surface area contributed by atoms with Crippen LogP contribution in [0, 0.1) is 0 Å². The summed E-state index contributed by atoms with van der Waals surface area (Å²) in [6, 6.07) is 3.89. The SMILES string of the molecule is Nc1cnc(Sc2ccncc2)s1. The molecule has 2 aromatic heterocycles. The number of nitrogens with two attached hydrogens (primary N) is 1. The molecule has 0 fully saturated rings. The number of nitrogen functional groups attached to an aromatic ring is 1. The predicted octanol–water partition coefficient (Wildman–Crippen LogP) is 2.27. The number of pyridine rings is 1. The maximum absolute atomic E-state index is 5.56. The number of nitrogens with zero attached hydrogens (tertiary/aromatic N) is 2. The van der Waals surface area contributed by atoms with Gasteiger partial charge in [-0.3, -0.25) is 4.98 Å². The molecule has 0 aromatic carbocycles. The van der Waals surface area contributed by atoms with E-state index in [1.807, 2.05) is 12.1 Å². The summed E-state index contributed by atoms with van der Waals surface area (Å²) >= 11 is 3.09. The highest BCUT2D eigenvalue weighted by Gasteiger charge is 2.00. The number of aromatic nitrogens is 2. The third-order valence-electron chi connectivity index (χ3n) is 1.36. The zero-order chi connectivity index (χ0) is 9.10. The van der Waals surface area contributed by atoms with Gasteiger partial charge in [0.15, 0.2) is 4.34 Å². The van der Waals surface area contributed by atoms with Crippen molar-refractivity contribution >= 4 is 28.1 Å². The quantitative estimate of drug-likeness (QED) is 0.824. The number of rotatable bonds is 2. The van der Waals surface area contributed by atoms with E-state index in [0.29, 0.717) is 0 Å². The van der Waals surface area contributed by atoms with Crippen LogP contribution < -0.4 is 5.73 Å². The molecular formula is C8H7N3S2. The van der Waals surface area contributed by atoms with E-state index in [1.54, 1.807) is 30.4 Å². The number of hydrogen-bond donors (Lipinski definition) is 1. The topological polar surface area (TPSA) is 51.8 Å². The van der Waals surface area contributed by atoms with Crippen molar-refractivity contribution in [2.45, 2.75) is 9.24 Å². The average molecular weight is 209 g/mol. The van der Waals surface area contributed by atoms with Crippen molar-refractivity contribution in [3.8, 4) is 0 Å². The van der Waals surface area contributed by atoms with E-state index in [-0.39, 0.29) is 0 Å². The monoisotopic (exact) mass is 209 g/mol. The molecule has 66 valence electrons. The van der Waals surface area contributed by atoms with E-state index in [1.165, 1.54) is 11.3 Å². The molecule has 0 bridgehead atoms. The van der Waals surface area contributed by atoms with Crippen LogP contribution >= 0.6 is 23.1 Å². The highest BCUT2D eigenvalue weighted by molar-refractivity contribution is 8.01. The van der Waals surface area contributed by atoms with Gasteiger partial charge in [0.05, 0.1) is 6.20 Å². The van der Waals surface area contributed by atoms with Gasteiger partial charge < -0.3 is 5.73 Å². The second-order valence-electron chi connectivity index (χ2n) is 2.31. The molecular weight excluding hydrogens is 202 g/mol. The zero-order valence-electron chi connectivity index (χ0n) is 6.68. The lowest BCUT2D eigenvalue weighted by molar-refractivity contribution is 1.23. The summed E-state index contributed by atoms with van der Waals surface area (Å²) in [5.74, 6) is 0. The summed E-state index contributed by atoms with van der Waals surface area (Å²) < 4.78 is 0.962. The first-order valence-electron chi connectivity index (χ1n) is 3.64. The second kappa shape index (κ2) is 3.76. The molecule has 0 spiro atoms. The first kappa shape index (κ1) is 8.52. The van der Waals surface area contributed by atoms with Crippen LogP contribution in [0.15, 0.2) is 40.0 Å². The summed E-state index contributed by atoms with van der Waals surface area (Å²) in [7, 11) is 0. The van der Waals surface area contributed by atoms with Crippen molar-refractivity contribution in [2.75, 3.05) is 5.73 Å². The number of thiazole rings is 1. The van der Waals surface area contributed by atoms with Gasteiger partial charge in [0, 0.05) is 17.3 Å². The van der Waals surface area contributed by atoms with E-state index in [9.17, 15) is 0 Å². The lowest BCUT2D eigenvalue weighted by Gasteiger charge is -1.94. The summed E-state index contributed by atoms with van der Waals surface area (Å²) in [6.45, 7) is 0. The minimum atomic E-state index is 0.747. The smallest absolute Gasteiger partial charge is 0.156 e. The summed E-state index contributed by atoms with van der Waals surface area (Å²) in [5.41, 5.74) is 5.56. The Morgan fingerprint density at radius 2 is 2.08 bits per heavy atom. The van der Waals surface area contributed by atoms with E-state index < -0.39 is 0 Å². The van der Waals surface area contributed by atoms with Gasteiger partial charge in [0.25, 0.3) is 0 Å². The van der Waals surface area contributed by atoms with E-state index >= 15 is 0 Å². The van der Waals surface area contributed by atoms with E-state index in [2.05, 4.69) is 9.97 Å². The Labute approximate surface area is 84.0 Å². The molecule has 0 aliphatic rings. The second-order valence-corrected chi connectivity index (χ2v) is 4.70. The van der Waals surface area contributed by atoms with Crippen LogP contribution in [-0.4, -0.2) is 9.97 Å². The van der Waals surface area contributed by atoms with Gasteiger partial charge in [0.1, 0.15) is 5.00 Å². The first-order valence-corrected chi connectivity index (χ1v) is 5.27. The van der Waals surface area contributed by atoms with Crippen molar-refractivity contribution in [3.05, 3.63) is 30.7 Å². The summed E-state index contributed by atoms with van der Waals surface area (Å²) in [6.07, 6.45) is 5.20. The maximum Gasteiger partial charge on any atom is 0.156 e. The minimum Gasteiger partial charge on any atom is -0.389 e. The number of hydrogen-bond acceptors (Lipinski definition) is 5. The molecule has 2 aromatic rings. The lowest BCUT2D eigenvalue weighted by atomic mass is 10.5. The molecule has 0 unspecified atom stereocenters. The molecule has 0 atom stereocenters. The standard InChI is InChI=1S/C8H7N3S2/c9-7-5-11-8(13-7)12-6-1-3-10-4-2-6/h1-5H,9H2. The predicted molar refractivity (Wildman–Crippen MR) is 54.9 cm³/mol. The molecule has 5 heteroatoms. The molecule has 0 saturated carbocycles. The Morgan fingerprint density at radius 3 is 2.69 bits per heavy atom. The highest BCUT2D eigenvalue weighted by atomic mass is 32.2. The normalized spacial score (nSPS) is 10.2. The molecule has 0 radical (unpaired) electrons.